The Labute approximate surface area is 113 Å². The molecule has 1 aliphatic rings. The molecule has 4 heteroatoms. The van der Waals surface area contributed by atoms with Gasteiger partial charge in [-0.3, -0.25) is 4.79 Å². The number of hydrogen-bond acceptors (Lipinski definition) is 3. The van der Waals surface area contributed by atoms with E-state index in [-0.39, 0.29) is 5.91 Å². The summed E-state index contributed by atoms with van der Waals surface area (Å²) in [6.07, 6.45) is 7.63. The van der Waals surface area contributed by atoms with Gasteiger partial charge in [0.25, 0.3) is 0 Å². The van der Waals surface area contributed by atoms with Crippen LogP contribution in [0.5, 0.6) is 0 Å². The second-order valence-corrected chi connectivity index (χ2v) is 4.33. The number of allylic oxidation sites excluding steroid dienone is 3. The van der Waals surface area contributed by atoms with Crippen LogP contribution in [-0.4, -0.2) is 27.3 Å². The molecule has 0 radical (unpaired) electrons. The topological polar surface area (TPSA) is 46.1 Å². The first kappa shape index (κ1) is 13.2. The summed E-state index contributed by atoms with van der Waals surface area (Å²) in [5.41, 5.74) is 2.92. The van der Waals surface area contributed by atoms with Gasteiger partial charge in [-0.2, -0.15) is 0 Å². The van der Waals surface area contributed by atoms with Crippen molar-refractivity contribution in [1.82, 2.24) is 14.9 Å². The number of carbonyl (C=O) groups excluding carboxylic acids is 1. The molecule has 0 saturated heterocycles. The zero-order valence-corrected chi connectivity index (χ0v) is 11.1. The van der Waals surface area contributed by atoms with E-state index < -0.39 is 0 Å². The minimum atomic E-state index is -0.0548. The maximum Gasteiger partial charge on any atom is 0.246 e. The molecule has 0 atom stereocenters. The smallest absolute Gasteiger partial charge is 0.246 e. The molecule has 0 saturated carbocycles. The normalized spacial score (nSPS) is 14.8. The lowest BCUT2D eigenvalue weighted by atomic mass is 10.1. The van der Waals surface area contributed by atoms with Crippen LogP contribution in [0.4, 0.5) is 0 Å². The molecule has 2 rings (SSSR count). The van der Waals surface area contributed by atoms with Crippen LogP contribution < -0.4 is 0 Å². The average molecular weight is 255 g/mol. The van der Waals surface area contributed by atoms with Crippen LogP contribution >= 0.6 is 0 Å². The summed E-state index contributed by atoms with van der Waals surface area (Å²) in [6, 6.07) is 0. The number of hydrogen-bond donors (Lipinski definition) is 0. The molecule has 98 valence electrons. The molecular weight excluding hydrogens is 238 g/mol. The van der Waals surface area contributed by atoms with E-state index in [0.29, 0.717) is 18.9 Å². The number of amides is 1. The predicted molar refractivity (Wildman–Crippen MR) is 75.2 cm³/mol. The molecule has 0 bridgehead atoms. The summed E-state index contributed by atoms with van der Waals surface area (Å²) >= 11 is 0. The number of fused-ring (bicyclic) bond motifs is 1. The number of aromatic nitrogens is 2. The van der Waals surface area contributed by atoms with E-state index in [9.17, 15) is 4.79 Å². The Morgan fingerprint density at radius 2 is 2.21 bits per heavy atom. The van der Waals surface area contributed by atoms with E-state index in [2.05, 4.69) is 23.1 Å². The molecule has 0 N–H and O–H groups in total. The lowest BCUT2D eigenvalue weighted by Crippen LogP contribution is -2.35. The molecule has 4 nitrogen and oxygen atoms in total. The van der Waals surface area contributed by atoms with Gasteiger partial charge in [0, 0.05) is 18.3 Å². The van der Waals surface area contributed by atoms with Gasteiger partial charge < -0.3 is 4.90 Å². The number of rotatable bonds is 3. The Hall–Kier alpha value is -2.23. The highest BCUT2D eigenvalue weighted by molar-refractivity contribution is 5.87. The largest absolute Gasteiger partial charge is 0.333 e. The second-order valence-electron chi connectivity index (χ2n) is 4.33. The first-order valence-corrected chi connectivity index (χ1v) is 6.24. The fourth-order valence-electron chi connectivity index (χ4n) is 2.10. The number of nitrogens with zero attached hydrogens (tertiary/aromatic N) is 3. The highest BCUT2D eigenvalue weighted by Gasteiger charge is 2.21. The standard InChI is InChI=1S/C15H17N3O/c1-4-11(5-2)15-16-9-12-7-8-18(14(19)6-3)10-13(12)17-15/h4-6,9H,1,3,7-8,10H2,2H3/b11-5+. The van der Waals surface area contributed by atoms with Crippen molar-refractivity contribution in [2.24, 2.45) is 0 Å². The van der Waals surface area contributed by atoms with Crippen molar-refractivity contribution in [3.8, 4) is 0 Å². The third-order valence-corrected chi connectivity index (χ3v) is 3.22. The van der Waals surface area contributed by atoms with Crippen molar-refractivity contribution >= 4 is 11.5 Å². The Morgan fingerprint density at radius 1 is 1.42 bits per heavy atom. The zero-order valence-electron chi connectivity index (χ0n) is 11.1. The van der Waals surface area contributed by atoms with Gasteiger partial charge in [-0.05, 0) is 25.0 Å². The van der Waals surface area contributed by atoms with Crippen molar-refractivity contribution in [3.63, 3.8) is 0 Å². The van der Waals surface area contributed by atoms with Crippen molar-refractivity contribution in [2.45, 2.75) is 19.9 Å². The van der Waals surface area contributed by atoms with Crippen molar-refractivity contribution in [1.29, 1.82) is 0 Å². The van der Waals surface area contributed by atoms with E-state index in [4.69, 9.17) is 0 Å². The summed E-state index contributed by atoms with van der Waals surface area (Å²) in [5, 5.41) is 0. The molecule has 1 amide bonds. The Balaban J connectivity index is 2.32. The molecule has 0 spiro atoms. The minimum Gasteiger partial charge on any atom is -0.333 e. The van der Waals surface area contributed by atoms with Crippen molar-refractivity contribution in [3.05, 3.63) is 54.7 Å². The molecule has 0 unspecified atom stereocenters. The summed E-state index contributed by atoms with van der Waals surface area (Å²) in [7, 11) is 0. The lowest BCUT2D eigenvalue weighted by Gasteiger charge is -2.27. The Kier molecular flexibility index (Phi) is 3.90. The first-order chi connectivity index (χ1) is 9.19. The minimum absolute atomic E-state index is 0.0548. The van der Waals surface area contributed by atoms with Gasteiger partial charge in [0.1, 0.15) is 0 Å². The van der Waals surface area contributed by atoms with Gasteiger partial charge in [-0.1, -0.05) is 25.3 Å². The van der Waals surface area contributed by atoms with Crippen LogP contribution in [-0.2, 0) is 17.8 Å². The summed E-state index contributed by atoms with van der Waals surface area (Å²) < 4.78 is 0. The van der Waals surface area contributed by atoms with Crippen LogP contribution in [0.25, 0.3) is 5.57 Å². The highest BCUT2D eigenvalue weighted by Crippen LogP contribution is 2.19. The predicted octanol–water partition coefficient (Wildman–Crippen LogP) is 2.14. The second kappa shape index (κ2) is 5.61. The molecule has 19 heavy (non-hydrogen) atoms. The van der Waals surface area contributed by atoms with E-state index >= 15 is 0 Å². The molecule has 1 aliphatic heterocycles. The monoisotopic (exact) mass is 255 g/mol. The average Bonchev–Trinajstić information content (AvgIpc) is 2.47. The van der Waals surface area contributed by atoms with Gasteiger partial charge >= 0.3 is 0 Å². The van der Waals surface area contributed by atoms with Crippen LogP contribution in [0.15, 0.2) is 37.6 Å². The molecule has 0 aliphatic carbocycles. The SMILES string of the molecule is C=CC(=O)N1CCc2cnc(/C(C=C)=C/C)nc2C1. The van der Waals surface area contributed by atoms with E-state index in [1.165, 1.54) is 6.08 Å². The summed E-state index contributed by atoms with van der Waals surface area (Å²) in [4.78, 5) is 22.3. The van der Waals surface area contributed by atoms with Crippen molar-refractivity contribution in [2.75, 3.05) is 6.54 Å². The first-order valence-electron chi connectivity index (χ1n) is 6.24. The lowest BCUT2D eigenvalue weighted by molar-refractivity contribution is -0.126. The maximum absolute atomic E-state index is 11.6. The van der Waals surface area contributed by atoms with E-state index in [1.807, 2.05) is 19.2 Å². The van der Waals surface area contributed by atoms with Crippen LogP contribution in [0.3, 0.4) is 0 Å². The third kappa shape index (κ3) is 2.62. The Morgan fingerprint density at radius 3 is 2.84 bits per heavy atom. The summed E-state index contributed by atoms with van der Waals surface area (Å²) in [5.74, 6) is 0.602. The highest BCUT2D eigenvalue weighted by atomic mass is 16.2. The molecule has 0 aromatic carbocycles. The molecule has 1 aromatic rings. The fraction of sp³-hybridized carbons (Fsp3) is 0.267. The van der Waals surface area contributed by atoms with Crippen LogP contribution in [0, 0.1) is 0 Å². The molecule has 1 aromatic heterocycles. The van der Waals surface area contributed by atoms with Crippen molar-refractivity contribution < 1.29 is 4.79 Å². The quantitative estimate of drug-likeness (QED) is 0.614. The third-order valence-electron chi connectivity index (χ3n) is 3.22. The van der Waals surface area contributed by atoms with E-state index in [0.717, 1.165) is 23.3 Å². The molecule has 2 heterocycles. The van der Waals surface area contributed by atoms with Gasteiger partial charge in [0.2, 0.25) is 5.91 Å². The van der Waals surface area contributed by atoms with E-state index in [1.54, 1.807) is 11.0 Å². The molecular formula is C15H17N3O. The van der Waals surface area contributed by atoms with Gasteiger partial charge in [-0.25, -0.2) is 9.97 Å². The summed E-state index contributed by atoms with van der Waals surface area (Å²) in [6.45, 7) is 10.4. The van der Waals surface area contributed by atoms with Crippen LogP contribution in [0.2, 0.25) is 0 Å². The van der Waals surface area contributed by atoms with Crippen LogP contribution in [0.1, 0.15) is 24.0 Å². The number of carbonyl (C=O) groups is 1. The zero-order chi connectivity index (χ0) is 13.8. The Bertz CT molecular complexity index is 561. The van der Waals surface area contributed by atoms with Gasteiger partial charge in [0.15, 0.2) is 5.82 Å². The molecule has 0 fully saturated rings. The maximum atomic E-state index is 11.6. The fourth-order valence-corrected chi connectivity index (χ4v) is 2.10. The van der Waals surface area contributed by atoms with Gasteiger partial charge in [0.05, 0.1) is 12.2 Å². The van der Waals surface area contributed by atoms with Gasteiger partial charge in [-0.15, -0.1) is 0 Å².